The summed E-state index contributed by atoms with van der Waals surface area (Å²) in [5.41, 5.74) is 4.19. The van der Waals surface area contributed by atoms with Crippen molar-refractivity contribution in [2.75, 3.05) is 20.8 Å². The molecule has 0 aliphatic heterocycles. The minimum absolute atomic E-state index is 0.0861. The van der Waals surface area contributed by atoms with Crippen molar-refractivity contribution in [2.24, 2.45) is 0 Å². The Morgan fingerprint density at radius 3 is 2.16 bits per heavy atom. The van der Waals surface area contributed by atoms with Gasteiger partial charge in [0.2, 0.25) is 0 Å². The third-order valence-corrected chi connectivity index (χ3v) is 5.07. The summed E-state index contributed by atoms with van der Waals surface area (Å²) in [7, 11) is 3.00. The van der Waals surface area contributed by atoms with Crippen LogP contribution in [0.1, 0.15) is 19.4 Å². The van der Waals surface area contributed by atoms with Gasteiger partial charge in [-0.05, 0) is 61.4 Å². The number of aliphatic hydroxyl groups excluding tert-OH is 1. The summed E-state index contributed by atoms with van der Waals surface area (Å²) < 4.78 is 16.9. The van der Waals surface area contributed by atoms with E-state index in [2.05, 4.69) is 0 Å². The van der Waals surface area contributed by atoms with Gasteiger partial charge in [-0.25, -0.2) is 0 Å². The van der Waals surface area contributed by atoms with E-state index in [1.54, 1.807) is 48.5 Å². The van der Waals surface area contributed by atoms with Crippen LogP contribution in [0, 0.1) is 0 Å². The van der Waals surface area contributed by atoms with Gasteiger partial charge in [-0.2, -0.15) is 0 Å². The van der Waals surface area contributed by atoms with Gasteiger partial charge < -0.3 is 29.5 Å². The number of aromatic hydroxyl groups is 2. The molecule has 0 aliphatic carbocycles. The van der Waals surface area contributed by atoms with Crippen molar-refractivity contribution in [3.8, 4) is 51.0 Å². The smallest absolute Gasteiger partial charge is 0.170 e. The van der Waals surface area contributed by atoms with Crippen LogP contribution in [0.15, 0.2) is 60.2 Å². The third kappa shape index (κ3) is 4.81. The maximum absolute atomic E-state index is 11.1. The fraction of sp³-hybridized carbons (Fsp3) is 0.231. The molecule has 0 atom stereocenters. The highest BCUT2D eigenvalue weighted by molar-refractivity contribution is 5.87. The summed E-state index contributed by atoms with van der Waals surface area (Å²) in [6.07, 6.45) is 1.96. The fourth-order valence-corrected chi connectivity index (χ4v) is 3.43. The molecule has 0 unspecified atom stereocenters. The summed E-state index contributed by atoms with van der Waals surface area (Å²) in [5.74, 6) is 1.34. The zero-order valence-corrected chi connectivity index (χ0v) is 18.7. The Balaban J connectivity index is 2.11. The highest BCUT2D eigenvalue weighted by atomic mass is 16.5. The number of aliphatic hydroxyl groups is 1. The first-order valence-electron chi connectivity index (χ1n) is 10.2. The third-order valence-electron chi connectivity index (χ3n) is 5.07. The monoisotopic (exact) mass is 436 g/mol. The van der Waals surface area contributed by atoms with E-state index in [9.17, 15) is 15.3 Å². The second-order valence-corrected chi connectivity index (χ2v) is 7.50. The molecule has 6 nitrogen and oxygen atoms in total. The highest BCUT2D eigenvalue weighted by Gasteiger charge is 2.22. The second-order valence-electron chi connectivity index (χ2n) is 7.50. The van der Waals surface area contributed by atoms with E-state index in [-0.39, 0.29) is 23.9 Å². The molecule has 0 spiro atoms. The number of hydrogen-bond acceptors (Lipinski definition) is 6. The molecule has 0 heterocycles. The van der Waals surface area contributed by atoms with Crippen LogP contribution in [0.25, 0.3) is 22.3 Å². The first-order valence-corrected chi connectivity index (χ1v) is 10.2. The van der Waals surface area contributed by atoms with E-state index in [4.69, 9.17) is 14.2 Å². The molecule has 3 N–H and O–H groups in total. The second kappa shape index (κ2) is 10.1. The number of rotatable bonds is 8. The van der Waals surface area contributed by atoms with Gasteiger partial charge in [0.05, 0.1) is 26.4 Å². The molecular weight excluding hydrogens is 408 g/mol. The van der Waals surface area contributed by atoms with E-state index < -0.39 is 0 Å². The predicted molar refractivity (Wildman–Crippen MR) is 125 cm³/mol. The molecule has 0 saturated heterocycles. The van der Waals surface area contributed by atoms with E-state index in [0.29, 0.717) is 40.4 Å². The Labute approximate surface area is 187 Å². The lowest BCUT2D eigenvalue weighted by atomic mass is 9.95. The van der Waals surface area contributed by atoms with Gasteiger partial charge in [0.1, 0.15) is 23.9 Å². The Hall–Kier alpha value is -3.64. The van der Waals surface area contributed by atoms with Gasteiger partial charge in [0.15, 0.2) is 11.5 Å². The van der Waals surface area contributed by atoms with Crippen LogP contribution in [0.5, 0.6) is 28.7 Å². The maximum Gasteiger partial charge on any atom is 0.170 e. The van der Waals surface area contributed by atoms with Crippen molar-refractivity contribution in [3.63, 3.8) is 0 Å². The number of allylic oxidation sites excluding steroid dienone is 1. The molecule has 32 heavy (non-hydrogen) atoms. The van der Waals surface area contributed by atoms with Crippen LogP contribution in [-0.4, -0.2) is 36.1 Å². The summed E-state index contributed by atoms with van der Waals surface area (Å²) in [6, 6.07) is 13.7. The van der Waals surface area contributed by atoms with Gasteiger partial charge in [-0.3, -0.25) is 0 Å². The standard InChI is InChI=1S/C26H28O6/c1-16(2)11-12-32-22-10-7-18(13-19(22)15-27)24-23(30-3)14-21(26(31-4)25(24)29)17-5-8-20(28)9-6-17/h5-11,13-14,27-29H,12,15H2,1-4H3. The predicted octanol–water partition coefficient (Wildman–Crippen LogP) is 5.29. The molecule has 168 valence electrons. The van der Waals surface area contributed by atoms with Crippen LogP contribution in [-0.2, 0) is 6.61 Å². The molecule has 0 aromatic heterocycles. The van der Waals surface area contributed by atoms with Crippen molar-refractivity contribution in [1.29, 1.82) is 0 Å². The normalized spacial score (nSPS) is 10.5. The summed E-state index contributed by atoms with van der Waals surface area (Å²) in [6.45, 7) is 4.16. The molecule has 0 amide bonds. The Bertz CT molecular complexity index is 1110. The Morgan fingerprint density at radius 2 is 1.56 bits per heavy atom. The molecule has 0 saturated carbocycles. The lowest BCUT2D eigenvalue weighted by Gasteiger charge is -2.19. The van der Waals surface area contributed by atoms with Crippen LogP contribution in [0.3, 0.4) is 0 Å². The van der Waals surface area contributed by atoms with Gasteiger partial charge >= 0.3 is 0 Å². The average Bonchev–Trinajstić information content (AvgIpc) is 2.79. The molecule has 3 aromatic carbocycles. The summed E-state index contributed by atoms with van der Waals surface area (Å²) in [4.78, 5) is 0. The number of benzene rings is 3. The summed E-state index contributed by atoms with van der Waals surface area (Å²) >= 11 is 0. The number of ether oxygens (including phenoxy) is 3. The molecule has 6 heteroatoms. The SMILES string of the molecule is COc1cc(-c2ccc(O)cc2)c(OC)c(O)c1-c1ccc(OCC=C(C)C)c(CO)c1. The zero-order chi connectivity index (χ0) is 23.3. The maximum atomic E-state index is 11.1. The zero-order valence-electron chi connectivity index (χ0n) is 18.7. The number of phenols is 2. The van der Waals surface area contributed by atoms with E-state index in [0.717, 1.165) is 11.1 Å². The number of phenolic OH excluding ortho intramolecular Hbond substituents is 2. The fourth-order valence-electron chi connectivity index (χ4n) is 3.43. The van der Waals surface area contributed by atoms with Crippen LogP contribution in [0.2, 0.25) is 0 Å². The lowest BCUT2D eigenvalue weighted by molar-refractivity contribution is 0.270. The van der Waals surface area contributed by atoms with Gasteiger partial charge in [-0.15, -0.1) is 0 Å². The number of hydrogen-bond donors (Lipinski definition) is 3. The molecular formula is C26H28O6. The summed E-state index contributed by atoms with van der Waals surface area (Å²) in [5, 5.41) is 30.6. The highest BCUT2D eigenvalue weighted by Crippen LogP contribution is 2.50. The molecule has 0 aliphatic rings. The quantitative estimate of drug-likeness (QED) is 0.416. The molecule has 0 fully saturated rings. The van der Waals surface area contributed by atoms with E-state index >= 15 is 0 Å². The molecule has 0 radical (unpaired) electrons. The molecule has 3 rings (SSSR count). The average molecular weight is 437 g/mol. The molecule has 0 bridgehead atoms. The van der Waals surface area contributed by atoms with Crippen molar-refractivity contribution >= 4 is 0 Å². The first-order chi connectivity index (χ1) is 15.4. The first kappa shape index (κ1) is 23.0. The van der Waals surface area contributed by atoms with E-state index in [1.807, 2.05) is 19.9 Å². The lowest BCUT2D eigenvalue weighted by Crippen LogP contribution is -2.00. The van der Waals surface area contributed by atoms with Crippen molar-refractivity contribution in [3.05, 3.63) is 65.7 Å². The van der Waals surface area contributed by atoms with E-state index in [1.165, 1.54) is 14.2 Å². The Morgan fingerprint density at radius 1 is 0.875 bits per heavy atom. The van der Waals surface area contributed by atoms with Crippen LogP contribution >= 0.6 is 0 Å². The van der Waals surface area contributed by atoms with Crippen LogP contribution < -0.4 is 14.2 Å². The molecule has 3 aromatic rings. The minimum atomic E-state index is -0.218. The Kier molecular flexibility index (Phi) is 7.28. The topological polar surface area (TPSA) is 88.4 Å². The van der Waals surface area contributed by atoms with Crippen molar-refractivity contribution in [1.82, 2.24) is 0 Å². The minimum Gasteiger partial charge on any atom is -0.508 e. The van der Waals surface area contributed by atoms with Gasteiger partial charge in [0, 0.05) is 11.1 Å². The van der Waals surface area contributed by atoms with Gasteiger partial charge in [0.25, 0.3) is 0 Å². The number of methoxy groups -OCH3 is 2. The van der Waals surface area contributed by atoms with Gasteiger partial charge in [-0.1, -0.05) is 23.8 Å². The van der Waals surface area contributed by atoms with Crippen LogP contribution in [0.4, 0.5) is 0 Å². The largest absolute Gasteiger partial charge is 0.508 e. The van der Waals surface area contributed by atoms with Crippen molar-refractivity contribution < 1.29 is 29.5 Å². The van der Waals surface area contributed by atoms with Crippen molar-refractivity contribution in [2.45, 2.75) is 20.5 Å².